The van der Waals surface area contributed by atoms with Gasteiger partial charge in [0.25, 0.3) is 0 Å². The minimum absolute atomic E-state index is 0.209. The molecule has 0 aliphatic carbocycles. The van der Waals surface area contributed by atoms with Crippen LogP contribution >= 0.6 is 15.9 Å². The fraction of sp³-hybridized carbons (Fsp3) is 0.0769. The summed E-state index contributed by atoms with van der Waals surface area (Å²) in [6.45, 7) is -0.289. The number of hydrogen-bond donors (Lipinski definition) is 1. The fourth-order valence-corrected chi connectivity index (χ4v) is 1.69. The number of rotatable bonds is 3. The van der Waals surface area contributed by atoms with Crippen LogP contribution in [0.5, 0.6) is 11.5 Å². The molecule has 94 valence electrons. The molecule has 0 aliphatic heterocycles. The van der Waals surface area contributed by atoms with Gasteiger partial charge in [-0.2, -0.15) is 0 Å². The van der Waals surface area contributed by atoms with E-state index in [9.17, 15) is 8.78 Å². The molecule has 0 saturated heterocycles. The smallest absolute Gasteiger partial charge is 0.141 e. The van der Waals surface area contributed by atoms with Crippen LogP contribution in [0.2, 0.25) is 0 Å². The molecule has 5 heteroatoms. The summed E-state index contributed by atoms with van der Waals surface area (Å²) >= 11 is 3.03. The van der Waals surface area contributed by atoms with Crippen molar-refractivity contribution in [2.45, 2.75) is 6.61 Å². The zero-order valence-corrected chi connectivity index (χ0v) is 10.7. The van der Waals surface area contributed by atoms with Gasteiger partial charge < -0.3 is 9.84 Å². The average Bonchev–Trinajstić information content (AvgIpc) is 2.33. The first kappa shape index (κ1) is 13.0. The lowest BCUT2D eigenvalue weighted by molar-refractivity contribution is 0.280. The van der Waals surface area contributed by atoms with Crippen LogP contribution in [0.1, 0.15) is 5.56 Å². The van der Waals surface area contributed by atoms with Crippen molar-refractivity contribution in [2.24, 2.45) is 0 Å². The molecule has 0 unspecified atom stereocenters. The maximum Gasteiger partial charge on any atom is 0.141 e. The van der Waals surface area contributed by atoms with E-state index in [0.717, 1.165) is 0 Å². The topological polar surface area (TPSA) is 29.5 Å². The molecule has 0 bridgehead atoms. The summed E-state index contributed by atoms with van der Waals surface area (Å²) in [6, 6.07) is 8.10. The highest BCUT2D eigenvalue weighted by molar-refractivity contribution is 9.10. The summed E-state index contributed by atoms with van der Waals surface area (Å²) < 4.78 is 32.1. The van der Waals surface area contributed by atoms with Crippen LogP contribution in [0.3, 0.4) is 0 Å². The van der Waals surface area contributed by atoms with Crippen molar-refractivity contribution >= 4 is 15.9 Å². The zero-order valence-electron chi connectivity index (χ0n) is 9.16. The molecule has 18 heavy (non-hydrogen) atoms. The van der Waals surface area contributed by atoms with Crippen LogP contribution in [0.25, 0.3) is 0 Å². The Morgan fingerprint density at radius 2 is 1.83 bits per heavy atom. The molecule has 1 N–H and O–H groups in total. The minimum atomic E-state index is -0.519. The molecule has 0 atom stereocenters. The third kappa shape index (κ3) is 3.05. The summed E-state index contributed by atoms with van der Waals surface area (Å²) in [7, 11) is 0. The number of hydrogen-bond acceptors (Lipinski definition) is 2. The number of aliphatic hydroxyl groups is 1. The fourth-order valence-electron chi connectivity index (χ4n) is 1.45. The lowest BCUT2D eigenvalue weighted by atomic mass is 10.2. The van der Waals surface area contributed by atoms with Crippen molar-refractivity contribution in [3.63, 3.8) is 0 Å². The van der Waals surface area contributed by atoms with Crippen LogP contribution in [0.15, 0.2) is 40.9 Å². The Kier molecular flexibility index (Phi) is 3.93. The van der Waals surface area contributed by atoms with E-state index in [1.807, 2.05) is 0 Å². The van der Waals surface area contributed by atoms with Crippen molar-refractivity contribution < 1.29 is 18.6 Å². The molecule has 0 aliphatic rings. The third-order valence-electron chi connectivity index (χ3n) is 2.24. The van der Waals surface area contributed by atoms with Gasteiger partial charge in [0.05, 0.1) is 11.1 Å². The van der Waals surface area contributed by atoms with Gasteiger partial charge >= 0.3 is 0 Å². The van der Waals surface area contributed by atoms with Gasteiger partial charge in [-0.1, -0.05) is 0 Å². The van der Waals surface area contributed by atoms with E-state index in [1.165, 1.54) is 30.3 Å². The quantitative estimate of drug-likeness (QED) is 0.927. The highest BCUT2D eigenvalue weighted by atomic mass is 79.9. The van der Waals surface area contributed by atoms with E-state index in [2.05, 4.69) is 15.9 Å². The lowest BCUT2D eigenvalue weighted by Crippen LogP contribution is -1.90. The van der Waals surface area contributed by atoms with Crippen molar-refractivity contribution in [1.29, 1.82) is 0 Å². The normalized spacial score (nSPS) is 10.4. The lowest BCUT2D eigenvalue weighted by Gasteiger charge is -2.08. The van der Waals surface area contributed by atoms with Crippen molar-refractivity contribution in [3.8, 4) is 11.5 Å². The van der Waals surface area contributed by atoms with Gasteiger partial charge in [0.2, 0.25) is 0 Å². The van der Waals surface area contributed by atoms with Gasteiger partial charge in [0.1, 0.15) is 23.1 Å². The van der Waals surface area contributed by atoms with Gasteiger partial charge in [0, 0.05) is 12.1 Å². The SMILES string of the molecule is OCc1cc(F)cc(Oc2ccc(Br)c(F)c2)c1. The summed E-state index contributed by atoms with van der Waals surface area (Å²) in [6.07, 6.45) is 0. The molecule has 0 fully saturated rings. The predicted octanol–water partition coefficient (Wildman–Crippen LogP) is 4.01. The Morgan fingerprint density at radius 3 is 2.50 bits per heavy atom. The molecule has 2 nitrogen and oxygen atoms in total. The highest BCUT2D eigenvalue weighted by Gasteiger charge is 2.05. The van der Waals surface area contributed by atoms with Gasteiger partial charge in [-0.05, 0) is 45.8 Å². The van der Waals surface area contributed by atoms with E-state index in [0.29, 0.717) is 10.0 Å². The minimum Gasteiger partial charge on any atom is -0.457 e. The van der Waals surface area contributed by atoms with Gasteiger partial charge in [-0.25, -0.2) is 8.78 Å². The first-order valence-electron chi connectivity index (χ1n) is 5.12. The molecule has 2 aromatic carbocycles. The Morgan fingerprint density at radius 1 is 1.06 bits per heavy atom. The van der Waals surface area contributed by atoms with Crippen LogP contribution in [0, 0.1) is 11.6 Å². The standard InChI is InChI=1S/C13H9BrF2O2/c14-12-2-1-10(6-13(12)16)18-11-4-8(7-17)3-9(15)5-11/h1-6,17H,7H2. The van der Waals surface area contributed by atoms with Crippen LogP contribution < -0.4 is 4.74 Å². The van der Waals surface area contributed by atoms with Crippen molar-refractivity contribution in [2.75, 3.05) is 0 Å². The molecule has 0 saturated carbocycles. The number of halogens is 3. The second-order valence-corrected chi connectivity index (χ2v) is 4.49. The van der Waals surface area contributed by atoms with Crippen LogP contribution in [0.4, 0.5) is 8.78 Å². The molecule has 0 heterocycles. The number of benzene rings is 2. The Balaban J connectivity index is 2.27. The summed E-state index contributed by atoms with van der Waals surface area (Å²) in [5, 5.41) is 8.94. The van der Waals surface area contributed by atoms with Crippen molar-refractivity contribution in [3.05, 3.63) is 58.1 Å². The van der Waals surface area contributed by atoms with Crippen molar-refractivity contribution in [1.82, 2.24) is 0 Å². The van der Waals surface area contributed by atoms with Crippen LogP contribution in [-0.4, -0.2) is 5.11 Å². The molecule has 0 spiro atoms. The summed E-state index contributed by atoms with van der Waals surface area (Å²) in [5.74, 6) is -0.522. The van der Waals surface area contributed by atoms with Gasteiger partial charge in [-0.15, -0.1) is 0 Å². The van der Waals surface area contributed by atoms with E-state index in [-0.39, 0.29) is 18.1 Å². The number of aliphatic hydroxyl groups excluding tert-OH is 1. The molecule has 0 radical (unpaired) electrons. The second-order valence-electron chi connectivity index (χ2n) is 3.63. The molecule has 0 amide bonds. The van der Waals surface area contributed by atoms with E-state index < -0.39 is 11.6 Å². The molecule has 2 aromatic rings. The average molecular weight is 315 g/mol. The summed E-state index contributed by atoms with van der Waals surface area (Å²) in [5.41, 5.74) is 0.391. The largest absolute Gasteiger partial charge is 0.457 e. The monoisotopic (exact) mass is 314 g/mol. The van der Waals surface area contributed by atoms with E-state index >= 15 is 0 Å². The Bertz CT molecular complexity index is 573. The molecular weight excluding hydrogens is 306 g/mol. The maximum absolute atomic E-state index is 13.3. The Labute approximate surface area is 111 Å². The predicted molar refractivity (Wildman–Crippen MR) is 66.5 cm³/mol. The highest BCUT2D eigenvalue weighted by Crippen LogP contribution is 2.27. The maximum atomic E-state index is 13.3. The van der Waals surface area contributed by atoms with Gasteiger partial charge in [0.15, 0.2) is 0 Å². The van der Waals surface area contributed by atoms with E-state index in [4.69, 9.17) is 9.84 Å². The van der Waals surface area contributed by atoms with E-state index in [1.54, 1.807) is 6.07 Å². The third-order valence-corrected chi connectivity index (χ3v) is 2.88. The first-order valence-corrected chi connectivity index (χ1v) is 5.91. The first-order chi connectivity index (χ1) is 8.58. The zero-order chi connectivity index (χ0) is 13.1. The molecule has 2 rings (SSSR count). The Hall–Kier alpha value is -1.46. The summed E-state index contributed by atoms with van der Waals surface area (Å²) in [4.78, 5) is 0. The van der Waals surface area contributed by atoms with Gasteiger partial charge in [-0.3, -0.25) is 0 Å². The van der Waals surface area contributed by atoms with Crippen LogP contribution in [-0.2, 0) is 6.61 Å². The second kappa shape index (κ2) is 5.46. The molecule has 0 aromatic heterocycles. The number of ether oxygens (including phenoxy) is 1. The molecular formula is C13H9BrF2O2.